The van der Waals surface area contributed by atoms with Gasteiger partial charge in [0.1, 0.15) is 4.90 Å². The largest absolute Gasteiger partial charge is 0.280 e. The first-order chi connectivity index (χ1) is 10.4. The molecule has 0 bridgehead atoms. The molecule has 0 unspecified atom stereocenters. The lowest BCUT2D eigenvalue weighted by molar-refractivity contribution is 0.601. The van der Waals surface area contributed by atoms with Gasteiger partial charge in [0.05, 0.1) is 16.7 Å². The summed E-state index contributed by atoms with van der Waals surface area (Å²) in [7, 11) is -3.80. The molecule has 4 nitrogen and oxygen atoms in total. The number of rotatable bonds is 4. The molecular formula is C16H15ClN2O2S. The van der Waals surface area contributed by atoms with E-state index < -0.39 is 10.0 Å². The minimum Gasteiger partial charge on any atom is -0.280 e. The molecule has 2 rings (SSSR count). The van der Waals surface area contributed by atoms with Crippen LogP contribution in [0, 0.1) is 18.3 Å². The zero-order chi connectivity index (χ0) is 16.3. The number of hydrogen-bond acceptors (Lipinski definition) is 3. The Morgan fingerprint density at radius 1 is 1.23 bits per heavy atom. The number of aryl methyl sites for hydroxylation is 2. The number of nitrogens with zero attached hydrogens (tertiary/aromatic N) is 1. The molecule has 2 aromatic rings. The van der Waals surface area contributed by atoms with Crippen molar-refractivity contribution in [2.45, 2.75) is 25.2 Å². The van der Waals surface area contributed by atoms with Gasteiger partial charge in [-0.3, -0.25) is 4.72 Å². The number of anilines is 1. The Hall–Kier alpha value is -2.03. The van der Waals surface area contributed by atoms with E-state index in [1.165, 1.54) is 23.8 Å². The molecular weight excluding hydrogens is 320 g/mol. The quantitative estimate of drug-likeness (QED) is 0.922. The molecule has 2 aromatic carbocycles. The molecule has 0 spiro atoms. The Morgan fingerprint density at radius 2 is 1.95 bits per heavy atom. The van der Waals surface area contributed by atoms with E-state index in [1.54, 1.807) is 12.1 Å². The van der Waals surface area contributed by atoms with Crippen molar-refractivity contribution in [3.05, 3.63) is 58.1 Å². The van der Waals surface area contributed by atoms with Crippen LogP contribution in [0.1, 0.15) is 23.6 Å². The maximum absolute atomic E-state index is 12.4. The summed E-state index contributed by atoms with van der Waals surface area (Å²) in [6.45, 7) is 3.98. The standard InChI is InChI=1S/C16H15ClN2O2S/c1-3-13-5-6-14(8-11(13)2)19-22(20,21)16-7-4-12(10-18)9-15(16)17/h4-9,19H,3H2,1-2H3. The summed E-state index contributed by atoms with van der Waals surface area (Å²) in [4.78, 5) is -0.0506. The Labute approximate surface area is 135 Å². The van der Waals surface area contributed by atoms with E-state index >= 15 is 0 Å². The summed E-state index contributed by atoms with van der Waals surface area (Å²) in [6.07, 6.45) is 0.889. The number of nitriles is 1. The summed E-state index contributed by atoms with van der Waals surface area (Å²) in [6, 6.07) is 11.4. The number of sulfonamides is 1. The van der Waals surface area contributed by atoms with Crippen molar-refractivity contribution in [2.24, 2.45) is 0 Å². The lowest BCUT2D eigenvalue weighted by Gasteiger charge is -2.11. The number of benzene rings is 2. The predicted molar refractivity (Wildman–Crippen MR) is 87.5 cm³/mol. The van der Waals surface area contributed by atoms with Gasteiger partial charge in [-0.2, -0.15) is 5.26 Å². The van der Waals surface area contributed by atoms with Crippen LogP contribution in [0.15, 0.2) is 41.3 Å². The van der Waals surface area contributed by atoms with E-state index in [1.807, 2.05) is 26.0 Å². The van der Waals surface area contributed by atoms with E-state index in [0.717, 1.165) is 12.0 Å². The maximum atomic E-state index is 12.4. The molecule has 22 heavy (non-hydrogen) atoms. The normalized spacial score (nSPS) is 11.0. The van der Waals surface area contributed by atoms with Crippen molar-refractivity contribution in [1.29, 1.82) is 5.26 Å². The highest BCUT2D eigenvalue weighted by molar-refractivity contribution is 7.92. The lowest BCUT2D eigenvalue weighted by Crippen LogP contribution is -2.13. The molecule has 6 heteroatoms. The molecule has 0 aliphatic heterocycles. The number of hydrogen-bond donors (Lipinski definition) is 1. The van der Waals surface area contributed by atoms with Crippen LogP contribution < -0.4 is 4.72 Å². The second kappa shape index (κ2) is 6.39. The summed E-state index contributed by atoms with van der Waals surface area (Å²) >= 11 is 5.97. The minimum absolute atomic E-state index is 0.0217. The van der Waals surface area contributed by atoms with E-state index in [2.05, 4.69) is 4.72 Å². The van der Waals surface area contributed by atoms with Crippen LogP contribution in [0.25, 0.3) is 0 Å². The van der Waals surface area contributed by atoms with Crippen molar-refractivity contribution < 1.29 is 8.42 Å². The van der Waals surface area contributed by atoms with Crippen molar-refractivity contribution in [3.63, 3.8) is 0 Å². The lowest BCUT2D eigenvalue weighted by atomic mass is 10.1. The van der Waals surface area contributed by atoms with Gasteiger partial charge in [0.25, 0.3) is 10.0 Å². The fourth-order valence-corrected chi connectivity index (χ4v) is 3.75. The molecule has 0 aliphatic rings. The first-order valence-corrected chi connectivity index (χ1v) is 8.55. The van der Waals surface area contributed by atoms with E-state index in [4.69, 9.17) is 16.9 Å². The molecule has 0 heterocycles. The van der Waals surface area contributed by atoms with Gasteiger partial charge in [0.15, 0.2) is 0 Å². The second-order valence-electron chi connectivity index (χ2n) is 4.86. The maximum Gasteiger partial charge on any atom is 0.263 e. The van der Waals surface area contributed by atoms with E-state index in [0.29, 0.717) is 11.3 Å². The number of nitrogens with one attached hydrogen (secondary N) is 1. The van der Waals surface area contributed by atoms with Gasteiger partial charge in [0.2, 0.25) is 0 Å². The van der Waals surface area contributed by atoms with Crippen LogP contribution in [0.5, 0.6) is 0 Å². The van der Waals surface area contributed by atoms with Gasteiger partial charge >= 0.3 is 0 Å². The predicted octanol–water partition coefficient (Wildman–Crippen LogP) is 3.88. The molecule has 0 aliphatic carbocycles. The van der Waals surface area contributed by atoms with Gasteiger partial charge in [-0.25, -0.2) is 8.42 Å². The van der Waals surface area contributed by atoms with E-state index in [-0.39, 0.29) is 9.92 Å². The SMILES string of the molecule is CCc1ccc(NS(=O)(=O)c2ccc(C#N)cc2Cl)cc1C. The first kappa shape index (κ1) is 16.3. The zero-order valence-corrected chi connectivity index (χ0v) is 13.8. The monoisotopic (exact) mass is 334 g/mol. The highest BCUT2D eigenvalue weighted by Gasteiger charge is 2.18. The summed E-state index contributed by atoms with van der Waals surface area (Å²) in [5.74, 6) is 0. The van der Waals surface area contributed by atoms with Crippen molar-refractivity contribution >= 4 is 27.3 Å². The average molecular weight is 335 g/mol. The van der Waals surface area contributed by atoms with Crippen molar-refractivity contribution in [3.8, 4) is 6.07 Å². The van der Waals surface area contributed by atoms with Crippen molar-refractivity contribution in [2.75, 3.05) is 4.72 Å². The molecule has 114 valence electrons. The highest BCUT2D eigenvalue weighted by atomic mass is 35.5. The summed E-state index contributed by atoms with van der Waals surface area (Å²) in [5.41, 5.74) is 2.98. The Kier molecular flexibility index (Phi) is 4.74. The molecule has 1 N–H and O–H groups in total. The molecule has 0 radical (unpaired) electrons. The topological polar surface area (TPSA) is 70.0 Å². The Bertz CT molecular complexity index is 855. The van der Waals surface area contributed by atoms with Crippen molar-refractivity contribution in [1.82, 2.24) is 0 Å². The summed E-state index contributed by atoms with van der Waals surface area (Å²) in [5, 5.41) is 8.82. The molecule has 0 amide bonds. The van der Waals surface area contributed by atoms with Gasteiger partial charge in [0, 0.05) is 5.69 Å². The third kappa shape index (κ3) is 3.41. The molecule has 0 aromatic heterocycles. The molecule has 0 saturated carbocycles. The summed E-state index contributed by atoms with van der Waals surface area (Å²) < 4.78 is 27.3. The number of halogens is 1. The van der Waals surface area contributed by atoms with Crippen LogP contribution in [0.2, 0.25) is 5.02 Å². The van der Waals surface area contributed by atoms with Crippen LogP contribution in [-0.4, -0.2) is 8.42 Å². The van der Waals surface area contributed by atoms with Gasteiger partial charge in [-0.1, -0.05) is 24.6 Å². The second-order valence-corrected chi connectivity index (χ2v) is 6.92. The van der Waals surface area contributed by atoms with Crippen LogP contribution in [-0.2, 0) is 16.4 Å². The van der Waals surface area contributed by atoms with Gasteiger partial charge in [-0.15, -0.1) is 0 Å². The third-order valence-electron chi connectivity index (χ3n) is 3.33. The molecule has 0 atom stereocenters. The van der Waals surface area contributed by atoms with E-state index in [9.17, 15) is 8.42 Å². The smallest absolute Gasteiger partial charge is 0.263 e. The fourth-order valence-electron chi connectivity index (χ4n) is 2.15. The molecule has 0 saturated heterocycles. The Balaban J connectivity index is 2.36. The van der Waals surface area contributed by atoms with Gasteiger partial charge < -0.3 is 0 Å². The van der Waals surface area contributed by atoms with Gasteiger partial charge in [-0.05, 0) is 54.8 Å². The van der Waals surface area contributed by atoms with Crippen LogP contribution in [0.3, 0.4) is 0 Å². The highest BCUT2D eigenvalue weighted by Crippen LogP contribution is 2.25. The minimum atomic E-state index is -3.80. The Morgan fingerprint density at radius 3 is 2.50 bits per heavy atom. The third-order valence-corrected chi connectivity index (χ3v) is 5.19. The van der Waals surface area contributed by atoms with Crippen LogP contribution in [0.4, 0.5) is 5.69 Å². The fraction of sp³-hybridized carbons (Fsp3) is 0.188. The zero-order valence-electron chi connectivity index (χ0n) is 12.2. The average Bonchev–Trinajstić information content (AvgIpc) is 2.46. The molecule has 0 fully saturated rings. The first-order valence-electron chi connectivity index (χ1n) is 6.69. The van der Waals surface area contributed by atoms with Crippen LogP contribution >= 0.6 is 11.6 Å².